The van der Waals surface area contributed by atoms with Crippen molar-refractivity contribution in [3.8, 4) is 11.4 Å². The molecule has 0 radical (unpaired) electrons. The van der Waals surface area contributed by atoms with Crippen molar-refractivity contribution in [2.45, 2.75) is 25.7 Å². The highest BCUT2D eigenvalue weighted by atomic mass is 16.3. The lowest BCUT2D eigenvalue weighted by molar-refractivity contribution is 0.535. The van der Waals surface area contributed by atoms with E-state index in [4.69, 9.17) is 4.42 Å². The second kappa shape index (κ2) is 3.87. The first-order valence-corrected chi connectivity index (χ1v) is 5.89. The molecule has 1 aliphatic carbocycles. The van der Waals surface area contributed by atoms with E-state index in [0.29, 0.717) is 5.92 Å². The lowest BCUT2D eigenvalue weighted by Crippen LogP contribution is -2.00. The fourth-order valence-corrected chi connectivity index (χ4v) is 1.92. The van der Waals surface area contributed by atoms with Crippen molar-refractivity contribution in [3.05, 3.63) is 29.9 Å². The van der Waals surface area contributed by atoms with Crippen LogP contribution in [0.4, 0.5) is 5.82 Å². The third kappa shape index (κ3) is 1.90. The minimum Gasteiger partial charge on any atom is -0.469 e. The smallest absolute Gasteiger partial charge is 0.165 e. The van der Waals surface area contributed by atoms with E-state index in [-0.39, 0.29) is 0 Å². The zero-order valence-electron chi connectivity index (χ0n) is 10.0. The summed E-state index contributed by atoms with van der Waals surface area (Å²) in [5, 5.41) is 3.09. The number of hydrogen-bond acceptors (Lipinski definition) is 4. The van der Waals surface area contributed by atoms with Crippen molar-refractivity contribution in [1.82, 2.24) is 9.97 Å². The van der Waals surface area contributed by atoms with E-state index in [2.05, 4.69) is 15.3 Å². The summed E-state index contributed by atoms with van der Waals surface area (Å²) in [5.41, 5.74) is 2.11. The first kappa shape index (κ1) is 10.3. The standard InChI is InChI=1S/C13H15N3O/c1-8-10(5-6-17-8)13-15-11(9-3-4-9)7-12(14-2)16-13/h5-7,9H,3-4H2,1-2H3,(H,14,15,16). The van der Waals surface area contributed by atoms with Gasteiger partial charge < -0.3 is 9.73 Å². The largest absolute Gasteiger partial charge is 0.469 e. The molecule has 1 fully saturated rings. The van der Waals surface area contributed by atoms with Crippen molar-refractivity contribution in [2.75, 3.05) is 12.4 Å². The van der Waals surface area contributed by atoms with Crippen LogP contribution in [0.15, 0.2) is 22.8 Å². The van der Waals surface area contributed by atoms with Gasteiger partial charge in [-0.1, -0.05) is 0 Å². The van der Waals surface area contributed by atoms with E-state index in [1.54, 1.807) is 6.26 Å². The van der Waals surface area contributed by atoms with Gasteiger partial charge in [0.25, 0.3) is 0 Å². The molecule has 0 aliphatic heterocycles. The Morgan fingerprint density at radius 2 is 2.18 bits per heavy atom. The zero-order valence-corrected chi connectivity index (χ0v) is 10.0. The van der Waals surface area contributed by atoms with Crippen molar-refractivity contribution in [3.63, 3.8) is 0 Å². The van der Waals surface area contributed by atoms with Crippen LogP contribution in [0.3, 0.4) is 0 Å². The molecule has 0 amide bonds. The average Bonchev–Trinajstić information content (AvgIpc) is 3.11. The number of rotatable bonds is 3. The van der Waals surface area contributed by atoms with Gasteiger partial charge in [-0.15, -0.1) is 0 Å². The highest BCUT2D eigenvalue weighted by molar-refractivity contribution is 5.59. The minimum atomic E-state index is 0.621. The summed E-state index contributed by atoms with van der Waals surface area (Å²) in [6.45, 7) is 1.93. The number of furan rings is 1. The molecule has 3 rings (SSSR count). The summed E-state index contributed by atoms with van der Waals surface area (Å²) in [6, 6.07) is 3.96. The number of nitrogens with one attached hydrogen (secondary N) is 1. The summed E-state index contributed by atoms with van der Waals surface area (Å²) in [4.78, 5) is 9.12. The zero-order chi connectivity index (χ0) is 11.8. The van der Waals surface area contributed by atoms with Crippen LogP contribution in [0, 0.1) is 6.92 Å². The molecular weight excluding hydrogens is 214 g/mol. The van der Waals surface area contributed by atoms with Crippen LogP contribution in [-0.4, -0.2) is 17.0 Å². The van der Waals surface area contributed by atoms with Crippen LogP contribution in [0.25, 0.3) is 11.4 Å². The quantitative estimate of drug-likeness (QED) is 0.879. The van der Waals surface area contributed by atoms with E-state index >= 15 is 0 Å². The highest BCUT2D eigenvalue weighted by Crippen LogP contribution is 2.40. The van der Waals surface area contributed by atoms with Gasteiger partial charge in [0.15, 0.2) is 5.82 Å². The highest BCUT2D eigenvalue weighted by Gasteiger charge is 2.26. The summed E-state index contributed by atoms with van der Waals surface area (Å²) in [6.07, 6.45) is 4.16. The fourth-order valence-electron chi connectivity index (χ4n) is 1.92. The maximum atomic E-state index is 5.31. The Balaban J connectivity index is 2.09. The van der Waals surface area contributed by atoms with Gasteiger partial charge in [-0.25, -0.2) is 9.97 Å². The van der Waals surface area contributed by atoms with E-state index in [9.17, 15) is 0 Å². The van der Waals surface area contributed by atoms with E-state index in [1.165, 1.54) is 12.8 Å². The lowest BCUT2D eigenvalue weighted by atomic mass is 10.2. The molecule has 4 nitrogen and oxygen atoms in total. The Hall–Kier alpha value is -1.84. The molecule has 2 heterocycles. The van der Waals surface area contributed by atoms with Gasteiger partial charge in [-0.3, -0.25) is 0 Å². The normalized spacial score (nSPS) is 14.9. The molecule has 0 unspecified atom stereocenters. The van der Waals surface area contributed by atoms with Crippen molar-refractivity contribution >= 4 is 5.82 Å². The minimum absolute atomic E-state index is 0.621. The van der Waals surface area contributed by atoms with Gasteiger partial charge in [-0.05, 0) is 25.8 Å². The van der Waals surface area contributed by atoms with E-state index in [0.717, 1.165) is 28.7 Å². The van der Waals surface area contributed by atoms with E-state index in [1.807, 2.05) is 26.1 Å². The molecule has 2 aromatic heterocycles. The maximum absolute atomic E-state index is 5.31. The molecule has 1 aliphatic rings. The SMILES string of the molecule is CNc1cc(C2CC2)nc(-c2ccoc2C)n1. The van der Waals surface area contributed by atoms with Gasteiger partial charge in [0, 0.05) is 24.7 Å². The Bertz CT molecular complexity index is 543. The van der Waals surface area contributed by atoms with Crippen LogP contribution >= 0.6 is 0 Å². The Kier molecular flexibility index (Phi) is 2.35. The van der Waals surface area contributed by atoms with Gasteiger partial charge in [0.05, 0.1) is 11.8 Å². The predicted octanol–water partition coefficient (Wildman–Crippen LogP) is 2.96. The second-order valence-corrected chi connectivity index (χ2v) is 4.42. The molecule has 17 heavy (non-hydrogen) atoms. The average molecular weight is 229 g/mol. The topological polar surface area (TPSA) is 51.0 Å². The third-order valence-corrected chi connectivity index (χ3v) is 3.10. The van der Waals surface area contributed by atoms with Crippen LogP contribution in [0.5, 0.6) is 0 Å². The first-order chi connectivity index (χ1) is 8.28. The van der Waals surface area contributed by atoms with Crippen LogP contribution in [-0.2, 0) is 0 Å². The molecule has 0 aromatic carbocycles. The molecule has 2 aromatic rings. The summed E-state index contributed by atoms with van der Waals surface area (Å²) >= 11 is 0. The maximum Gasteiger partial charge on any atom is 0.165 e. The number of nitrogens with zero attached hydrogens (tertiary/aromatic N) is 2. The molecule has 88 valence electrons. The third-order valence-electron chi connectivity index (χ3n) is 3.10. The lowest BCUT2D eigenvalue weighted by Gasteiger charge is -2.06. The van der Waals surface area contributed by atoms with Crippen molar-refractivity contribution in [2.24, 2.45) is 0 Å². The van der Waals surface area contributed by atoms with Gasteiger partial charge in [0.2, 0.25) is 0 Å². The Morgan fingerprint density at radius 1 is 1.35 bits per heavy atom. The van der Waals surface area contributed by atoms with Crippen LogP contribution in [0.1, 0.15) is 30.2 Å². The summed E-state index contributed by atoms with van der Waals surface area (Å²) in [7, 11) is 1.88. The summed E-state index contributed by atoms with van der Waals surface area (Å²) < 4.78 is 5.31. The van der Waals surface area contributed by atoms with Crippen molar-refractivity contribution in [1.29, 1.82) is 0 Å². The Morgan fingerprint density at radius 3 is 2.76 bits per heavy atom. The number of hydrogen-bond donors (Lipinski definition) is 1. The van der Waals surface area contributed by atoms with Crippen LogP contribution < -0.4 is 5.32 Å². The fraction of sp³-hybridized carbons (Fsp3) is 0.385. The number of aromatic nitrogens is 2. The van der Waals surface area contributed by atoms with Gasteiger partial charge in [-0.2, -0.15) is 0 Å². The van der Waals surface area contributed by atoms with Gasteiger partial charge >= 0.3 is 0 Å². The molecule has 0 bridgehead atoms. The Labute approximate surface area is 100 Å². The second-order valence-electron chi connectivity index (χ2n) is 4.42. The van der Waals surface area contributed by atoms with E-state index < -0.39 is 0 Å². The first-order valence-electron chi connectivity index (χ1n) is 5.89. The van der Waals surface area contributed by atoms with Crippen molar-refractivity contribution < 1.29 is 4.42 Å². The molecule has 0 saturated heterocycles. The number of anilines is 1. The summed E-state index contributed by atoms with van der Waals surface area (Å²) in [5.74, 6) is 3.11. The monoisotopic (exact) mass is 229 g/mol. The predicted molar refractivity (Wildman–Crippen MR) is 66.0 cm³/mol. The van der Waals surface area contributed by atoms with Gasteiger partial charge in [0.1, 0.15) is 11.6 Å². The molecule has 1 saturated carbocycles. The molecular formula is C13H15N3O. The molecule has 0 atom stereocenters. The molecule has 4 heteroatoms. The van der Waals surface area contributed by atoms with Crippen LogP contribution in [0.2, 0.25) is 0 Å². The molecule has 1 N–H and O–H groups in total. The number of aryl methyl sites for hydroxylation is 1. The molecule has 0 spiro atoms.